The van der Waals surface area contributed by atoms with Crippen molar-refractivity contribution in [2.45, 2.75) is 52.1 Å². The molecule has 3 unspecified atom stereocenters. The lowest BCUT2D eigenvalue weighted by Crippen LogP contribution is -2.58. The molecule has 1 saturated carbocycles. The van der Waals surface area contributed by atoms with Gasteiger partial charge in [0.15, 0.2) is 0 Å². The van der Waals surface area contributed by atoms with Crippen LogP contribution in [-0.4, -0.2) is 43.8 Å². The van der Waals surface area contributed by atoms with E-state index in [1.165, 1.54) is 12.8 Å². The number of nitrogens with two attached hydrogens (primary N) is 1. The van der Waals surface area contributed by atoms with E-state index in [2.05, 4.69) is 39.6 Å². The monoisotopic (exact) mass is 242 g/mol. The predicted molar refractivity (Wildman–Crippen MR) is 73.1 cm³/mol. The van der Waals surface area contributed by atoms with Crippen LogP contribution in [0.4, 0.5) is 0 Å². The van der Waals surface area contributed by atoms with Gasteiger partial charge < -0.3 is 10.5 Å². The molecule has 0 heterocycles. The number of hydrogen-bond donors (Lipinski definition) is 1. The van der Waals surface area contributed by atoms with E-state index < -0.39 is 0 Å². The molecular formula is C14H30N2O. The molecule has 0 saturated heterocycles. The van der Waals surface area contributed by atoms with Gasteiger partial charge in [-0.2, -0.15) is 0 Å². The van der Waals surface area contributed by atoms with Crippen LogP contribution >= 0.6 is 0 Å². The molecule has 3 nitrogen and oxygen atoms in total. The Labute approximate surface area is 107 Å². The molecule has 3 atom stereocenters. The standard InChI is InChI=1S/C14H30N2O/c1-11-7-13(3,4)9-14(11,10-15)16(5)12(2)8-17-6/h11-12H,7-10,15H2,1-6H3. The van der Waals surface area contributed by atoms with Gasteiger partial charge in [-0.3, -0.25) is 4.90 Å². The lowest BCUT2D eigenvalue weighted by atomic mass is 9.84. The summed E-state index contributed by atoms with van der Waals surface area (Å²) in [6, 6.07) is 0.417. The summed E-state index contributed by atoms with van der Waals surface area (Å²) in [6.45, 7) is 10.8. The fraction of sp³-hybridized carbons (Fsp3) is 1.00. The van der Waals surface area contributed by atoms with Crippen molar-refractivity contribution in [2.24, 2.45) is 17.1 Å². The molecule has 0 bridgehead atoms. The molecule has 2 N–H and O–H groups in total. The summed E-state index contributed by atoms with van der Waals surface area (Å²) in [6.07, 6.45) is 2.44. The summed E-state index contributed by atoms with van der Waals surface area (Å²) in [7, 11) is 3.97. The molecule has 1 rings (SSSR count). The van der Waals surface area contributed by atoms with Crippen LogP contribution in [0.2, 0.25) is 0 Å². The van der Waals surface area contributed by atoms with E-state index in [0.29, 0.717) is 17.4 Å². The van der Waals surface area contributed by atoms with Crippen molar-refractivity contribution in [1.82, 2.24) is 4.90 Å². The molecular weight excluding hydrogens is 212 g/mol. The third-order valence-corrected chi connectivity index (χ3v) is 4.69. The van der Waals surface area contributed by atoms with Crippen molar-refractivity contribution in [3.05, 3.63) is 0 Å². The van der Waals surface area contributed by atoms with Crippen molar-refractivity contribution in [2.75, 3.05) is 27.3 Å². The summed E-state index contributed by atoms with van der Waals surface area (Å²) in [5, 5.41) is 0. The number of ether oxygens (including phenoxy) is 1. The van der Waals surface area contributed by atoms with E-state index in [1.54, 1.807) is 7.11 Å². The van der Waals surface area contributed by atoms with Crippen LogP contribution in [0.3, 0.4) is 0 Å². The van der Waals surface area contributed by atoms with E-state index in [1.807, 2.05) is 0 Å². The van der Waals surface area contributed by atoms with Gasteiger partial charge >= 0.3 is 0 Å². The molecule has 0 aromatic heterocycles. The largest absolute Gasteiger partial charge is 0.383 e. The van der Waals surface area contributed by atoms with Crippen molar-refractivity contribution >= 4 is 0 Å². The Morgan fingerprint density at radius 3 is 2.41 bits per heavy atom. The number of methoxy groups -OCH3 is 1. The molecule has 0 radical (unpaired) electrons. The van der Waals surface area contributed by atoms with Gasteiger partial charge in [0.1, 0.15) is 0 Å². The molecule has 0 amide bonds. The zero-order valence-corrected chi connectivity index (χ0v) is 12.4. The van der Waals surface area contributed by atoms with Crippen molar-refractivity contribution < 1.29 is 4.74 Å². The van der Waals surface area contributed by atoms with Gasteiger partial charge in [0, 0.05) is 25.2 Å². The van der Waals surface area contributed by atoms with Crippen LogP contribution in [0, 0.1) is 11.3 Å². The first-order valence-electron chi connectivity index (χ1n) is 6.71. The van der Waals surface area contributed by atoms with Crippen LogP contribution < -0.4 is 5.73 Å². The van der Waals surface area contributed by atoms with Gasteiger partial charge in [0.25, 0.3) is 0 Å². The smallest absolute Gasteiger partial charge is 0.0615 e. The minimum Gasteiger partial charge on any atom is -0.383 e. The molecule has 3 heteroatoms. The second-order valence-electron chi connectivity index (χ2n) is 6.67. The zero-order chi connectivity index (χ0) is 13.3. The highest BCUT2D eigenvalue weighted by Crippen LogP contribution is 2.50. The third kappa shape index (κ3) is 2.83. The first-order valence-corrected chi connectivity index (χ1v) is 6.71. The van der Waals surface area contributed by atoms with Crippen molar-refractivity contribution in [3.63, 3.8) is 0 Å². The molecule has 1 aliphatic rings. The van der Waals surface area contributed by atoms with Gasteiger partial charge in [0.05, 0.1) is 6.61 Å². The Balaban J connectivity index is 2.89. The average molecular weight is 242 g/mol. The van der Waals surface area contributed by atoms with Gasteiger partial charge in [-0.05, 0) is 38.1 Å². The topological polar surface area (TPSA) is 38.5 Å². The second kappa shape index (κ2) is 5.25. The SMILES string of the molecule is COCC(C)N(C)C1(CN)CC(C)(C)CC1C. The van der Waals surface area contributed by atoms with Crippen molar-refractivity contribution in [1.29, 1.82) is 0 Å². The maximum absolute atomic E-state index is 6.13. The van der Waals surface area contributed by atoms with E-state index in [9.17, 15) is 0 Å². The molecule has 0 aliphatic heterocycles. The van der Waals surface area contributed by atoms with Gasteiger partial charge in [-0.1, -0.05) is 20.8 Å². The second-order valence-corrected chi connectivity index (χ2v) is 6.67. The van der Waals surface area contributed by atoms with Crippen LogP contribution in [0.15, 0.2) is 0 Å². The highest BCUT2D eigenvalue weighted by molar-refractivity contribution is 5.06. The lowest BCUT2D eigenvalue weighted by molar-refractivity contribution is 0.0163. The third-order valence-electron chi connectivity index (χ3n) is 4.69. The molecule has 0 aromatic rings. The Kier molecular flexibility index (Phi) is 4.61. The average Bonchev–Trinajstić information content (AvgIpc) is 2.48. The summed E-state index contributed by atoms with van der Waals surface area (Å²) in [5.74, 6) is 0.645. The highest BCUT2D eigenvalue weighted by atomic mass is 16.5. The molecule has 0 aromatic carbocycles. The van der Waals surface area contributed by atoms with Gasteiger partial charge in [0.2, 0.25) is 0 Å². The summed E-state index contributed by atoms with van der Waals surface area (Å²) in [5.41, 5.74) is 6.68. The number of nitrogens with zero attached hydrogens (tertiary/aromatic N) is 1. The first-order chi connectivity index (χ1) is 7.79. The fourth-order valence-electron chi connectivity index (χ4n) is 3.78. The maximum atomic E-state index is 6.13. The molecule has 1 aliphatic carbocycles. The summed E-state index contributed by atoms with van der Waals surface area (Å²) in [4.78, 5) is 2.45. The fourth-order valence-corrected chi connectivity index (χ4v) is 3.78. The molecule has 1 fully saturated rings. The Morgan fingerprint density at radius 1 is 1.47 bits per heavy atom. The Hall–Kier alpha value is -0.120. The quantitative estimate of drug-likeness (QED) is 0.802. The molecule has 0 spiro atoms. The molecule has 17 heavy (non-hydrogen) atoms. The van der Waals surface area contributed by atoms with Crippen LogP contribution in [0.25, 0.3) is 0 Å². The van der Waals surface area contributed by atoms with Gasteiger partial charge in [-0.15, -0.1) is 0 Å². The van der Waals surface area contributed by atoms with Gasteiger partial charge in [-0.25, -0.2) is 0 Å². The number of rotatable bonds is 5. The Bertz CT molecular complexity index is 255. The van der Waals surface area contributed by atoms with Crippen LogP contribution in [-0.2, 0) is 4.74 Å². The first kappa shape index (κ1) is 14.9. The van der Waals surface area contributed by atoms with E-state index >= 15 is 0 Å². The van der Waals surface area contributed by atoms with E-state index in [-0.39, 0.29) is 5.54 Å². The van der Waals surface area contributed by atoms with E-state index in [0.717, 1.165) is 13.2 Å². The zero-order valence-electron chi connectivity index (χ0n) is 12.4. The summed E-state index contributed by atoms with van der Waals surface area (Å²) >= 11 is 0. The van der Waals surface area contributed by atoms with E-state index in [4.69, 9.17) is 10.5 Å². The molecule has 102 valence electrons. The predicted octanol–water partition coefficient (Wildman–Crippen LogP) is 2.11. The van der Waals surface area contributed by atoms with Crippen LogP contribution in [0.1, 0.15) is 40.5 Å². The Morgan fingerprint density at radius 2 is 2.06 bits per heavy atom. The maximum Gasteiger partial charge on any atom is 0.0615 e. The minimum atomic E-state index is 0.140. The minimum absolute atomic E-state index is 0.140. The van der Waals surface area contributed by atoms with Crippen molar-refractivity contribution in [3.8, 4) is 0 Å². The van der Waals surface area contributed by atoms with Crippen LogP contribution in [0.5, 0.6) is 0 Å². The summed E-state index contributed by atoms with van der Waals surface area (Å²) < 4.78 is 5.28. The lowest BCUT2D eigenvalue weighted by Gasteiger charge is -2.45. The highest BCUT2D eigenvalue weighted by Gasteiger charge is 2.50. The normalized spacial score (nSPS) is 34.2. The number of likely N-dealkylation sites (N-methyl/N-ethyl adjacent to an activating group) is 1. The number of hydrogen-bond acceptors (Lipinski definition) is 3.